The number of anilines is 2. The lowest BCUT2D eigenvalue weighted by molar-refractivity contribution is 0.0976. The second-order valence-corrected chi connectivity index (χ2v) is 4.24. The summed E-state index contributed by atoms with van der Waals surface area (Å²) in [4.78, 5) is 18.1. The van der Waals surface area contributed by atoms with Gasteiger partial charge in [0, 0.05) is 18.0 Å². The van der Waals surface area contributed by atoms with Gasteiger partial charge >= 0.3 is 0 Å². The molecule has 2 N–H and O–H groups in total. The Morgan fingerprint density at radius 3 is 2.84 bits per heavy atom. The largest absolute Gasteiger partial charge is 0.487 e. The number of nitrogens with zero attached hydrogens (tertiary/aromatic N) is 2. The number of hydrogen-bond acceptors (Lipinski definition) is 4. The third-order valence-electron chi connectivity index (χ3n) is 3.05. The number of nitrogens with two attached hydrogens (primary N) is 1. The Kier molecular flexibility index (Phi) is 2.79. The molecule has 0 bridgehead atoms. The van der Waals surface area contributed by atoms with Crippen LogP contribution in [-0.2, 0) is 0 Å². The highest BCUT2D eigenvalue weighted by molar-refractivity contribution is 6.07. The maximum atomic E-state index is 12.5. The molecule has 0 saturated carbocycles. The molecule has 5 heteroatoms. The highest BCUT2D eigenvalue weighted by Gasteiger charge is 2.25. The Hall–Kier alpha value is -2.56. The van der Waals surface area contributed by atoms with Crippen molar-refractivity contribution < 1.29 is 9.53 Å². The maximum Gasteiger partial charge on any atom is 0.258 e. The molecule has 0 fully saturated rings. The van der Waals surface area contributed by atoms with Crippen LogP contribution >= 0.6 is 0 Å². The summed E-state index contributed by atoms with van der Waals surface area (Å²) in [7, 11) is 0. The average molecular weight is 255 g/mol. The van der Waals surface area contributed by atoms with Crippen LogP contribution in [0.2, 0.25) is 0 Å². The molecule has 1 amide bonds. The van der Waals surface area contributed by atoms with E-state index in [1.165, 1.54) is 0 Å². The second kappa shape index (κ2) is 4.61. The first-order valence-electron chi connectivity index (χ1n) is 6.00. The first kappa shape index (κ1) is 11.5. The fraction of sp³-hybridized carbons (Fsp3) is 0.143. The zero-order chi connectivity index (χ0) is 13.2. The van der Waals surface area contributed by atoms with E-state index in [0.29, 0.717) is 35.8 Å². The SMILES string of the molecule is Nc1cccc2c1OCCN2C(=O)c1ccncc1. The fourth-order valence-electron chi connectivity index (χ4n) is 2.13. The van der Waals surface area contributed by atoms with Gasteiger partial charge in [-0.1, -0.05) is 6.07 Å². The molecule has 0 spiro atoms. The van der Waals surface area contributed by atoms with Crippen molar-refractivity contribution in [3.63, 3.8) is 0 Å². The first-order chi connectivity index (χ1) is 9.27. The molecular weight excluding hydrogens is 242 g/mol. The van der Waals surface area contributed by atoms with Crippen LogP contribution in [0.3, 0.4) is 0 Å². The summed E-state index contributed by atoms with van der Waals surface area (Å²) in [5, 5.41) is 0. The summed E-state index contributed by atoms with van der Waals surface area (Å²) in [5.74, 6) is 0.508. The van der Waals surface area contributed by atoms with Gasteiger partial charge in [-0.25, -0.2) is 0 Å². The van der Waals surface area contributed by atoms with E-state index in [-0.39, 0.29) is 5.91 Å². The van der Waals surface area contributed by atoms with E-state index in [1.54, 1.807) is 35.5 Å². The number of nitrogen functional groups attached to an aromatic ring is 1. The molecule has 1 aliphatic rings. The zero-order valence-electron chi connectivity index (χ0n) is 10.2. The Labute approximate surface area is 110 Å². The summed E-state index contributed by atoms with van der Waals surface area (Å²) in [6, 6.07) is 8.81. The van der Waals surface area contributed by atoms with E-state index in [1.807, 2.05) is 12.1 Å². The van der Waals surface area contributed by atoms with Crippen LogP contribution in [0.25, 0.3) is 0 Å². The van der Waals surface area contributed by atoms with Gasteiger partial charge in [0.2, 0.25) is 0 Å². The summed E-state index contributed by atoms with van der Waals surface area (Å²) in [5.41, 5.74) is 7.73. The number of hydrogen-bond donors (Lipinski definition) is 1. The molecular formula is C14H13N3O2. The van der Waals surface area contributed by atoms with E-state index in [4.69, 9.17) is 10.5 Å². The lowest BCUT2D eigenvalue weighted by Crippen LogP contribution is -2.38. The van der Waals surface area contributed by atoms with Crippen LogP contribution in [0.15, 0.2) is 42.7 Å². The van der Waals surface area contributed by atoms with Crippen molar-refractivity contribution in [1.29, 1.82) is 0 Å². The van der Waals surface area contributed by atoms with E-state index in [9.17, 15) is 4.79 Å². The van der Waals surface area contributed by atoms with Crippen LogP contribution < -0.4 is 15.4 Å². The molecule has 2 aromatic rings. The van der Waals surface area contributed by atoms with Crippen molar-refractivity contribution >= 4 is 17.3 Å². The normalized spacial score (nSPS) is 13.6. The quantitative estimate of drug-likeness (QED) is 0.787. The number of carbonyl (C=O) groups excluding carboxylic acids is 1. The number of benzene rings is 1. The van der Waals surface area contributed by atoms with Gasteiger partial charge in [0.1, 0.15) is 6.61 Å². The zero-order valence-corrected chi connectivity index (χ0v) is 10.2. The van der Waals surface area contributed by atoms with E-state index >= 15 is 0 Å². The maximum absolute atomic E-state index is 12.5. The molecule has 0 unspecified atom stereocenters. The molecule has 2 heterocycles. The Bertz CT molecular complexity index is 613. The lowest BCUT2D eigenvalue weighted by atomic mass is 10.1. The van der Waals surface area contributed by atoms with Crippen molar-refractivity contribution in [3.05, 3.63) is 48.3 Å². The third kappa shape index (κ3) is 1.99. The second-order valence-electron chi connectivity index (χ2n) is 4.24. The van der Waals surface area contributed by atoms with Gasteiger partial charge in [-0.15, -0.1) is 0 Å². The minimum Gasteiger partial charge on any atom is -0.487 e. The van der Waals surface area contributed by atoms with Crippen molar-refractivity contribution in [1.82, 2.24) is 4.98 Å². The fourth-order valence-corrected chi connectivity index (χ4v) is 2.13. The first-order valence-corrected chi connectivity index (χ1v) is 6.00. The molecule has 5 nitrogen and oxygen atoms in total. The van der Waals surface area contributed by atoms with Gasteiger partial charge in [0.15, 0.2) is 5.75 Å². The molecule has 96 valence electrons. The minimum atomic E-state index is -0.0717. The van der Waals surface area contributed by atoms with Crippen LogP contribution in [0.5, 0.6) is 5.75 Å². The monoisotopic (exact) mass is 255 g/mol. The highest BCUT2D eigenvalue weighted by atomic mass is 16.5. The van der Waals surface area contributed by atoms with Crippen LogP contribution in [0.4, 0.5) is 11.4 Å². The Balaban J connectivity index is 2.01. The number of para-hydroxylation sites is 1. The van der Waals surface area contributed by atoms with Crippen molar-refractivity contribution in [2.45, 2.75) is 0 Å². The van der Waals surface area contributed by atoms with Gasteiger partial charge in [-0.2, -0.15) is 0 Å². The van der Waals surface area contributed by atoms with Crippen molar-refractivity contribution in [2.75, 3.05) is 23.8 Å². The van der Waals surface area contributed by atoms with E-state index in [2.05, 4.69) is 4.98 Å². The van der Waals surface area contributed by atoms with Gasteiger partial charge in [-0.3, -0.25) is 9.78 Å². The summed E-state index contributed by atoms with van der Waals surface area (Å²) < 4.78 is 5.54. The summed E-state index contributed by atoms with van der Waals surface area (Å²) in [6.07, 6.45) is 3.21. The van der Waals surface area contributed by atoms with Crippen molar-refractivity contribution in [3.8, 4) is 5.75 Å². The molecule has 0 atom stereocenters. The van der Waals surface area contributed by atoms with Crippen molar-refractivity contribution in [2.24, 2.45) is 0 Å². The minimum absolute atomic E-state index is 0.0717. The van der Waals surface area contributed by atoms with Gasteiger partial charge < -0.3 is 15.4 Å². The standard InChI is InChI=1S/C14H13N3O2/c15-11-2-1-3-12-13(11)19-9-8-17(12)14(18)10-4-6-16-7-5-10/h1-7H,8-9,15H2. The lowest BCUT2D eigenvalue weighted by Gasteiger charge is -2.30. The molecule has 1 aliphatic heterocycles. The topological polar surface area (TPSA) is 68.5 Å². The number of pyridine rings is 1. The predicted molar refractivity (Wildman–Crippen MR) is 72.3 cm³/mol. The van der Waals surface area contributed by atoms with Gasteiger partial charge in [0.05, 0.1) is 17.9 Å². The Morgan fingerprint density at radius 2 is 2.05 bits per heavy atom. The molecule has 3 rings (SSSR count). The van der Waals surface area contributed by atoms with Crippen LogP contribution in [-0.4, -0.2) is 24.0 Å². The van der Waals surface area contributed by atoms with E-state index < -0.39 is 0 Å². The predicted octanol–water partition coefficient (Wildman–Crippen LogP) is 1.70. The Morgan fingerprint density at radius 1 is 1.26 bits per heavy atom. The number of carbonyl (C=O) groups is 1. The number of aromatic nitrogens is 1. The number of ether oxygens (including phenoxy) is 1. The van der Waals surface area contributed by atoms with Gasteiger partial charge in [0.25, 0.3) is 5.91 Å². The molecule has 1 aromatic heterocycles. The highest BCUT2D eigenvalue weighted by Crippen LogP contribution is 2.37. The summed E-state index contributed by atoms with van der Waals surface area (Å²) >= 11 is 0. The molecule has 19 heavy (non-hydrogen) atoms. The molecule has 0 aliphatic carbocycles. The third-order valence-corrected chi connectivity index (χ3v) is 3.05. The van der Waals surface area contributed by atoms with Gasteiger partial charge in [-0.05, 0) is 24.3 Å². The van der Waals surface area contributed by atoms with Crippen LogP contribution in [0, 0.1) is 0 Å². The smallest absolute Gasteiger partial charge is 0.258 e. The summed E-state index contributed by atoms with van der Waals surface area (Å²) in [6.45, 7) is 0.954. The molecule has 0 radical (unpaired) electrons. The number of amides is 1. The number of fused-ring (bicyclic) bond motifs is 1. The van der Waals surface area contributed by atoms with E-state index in [0.717, 1.165) is 0 Å². The van der Waals surface area contributed by atoms with Crippen LogP contribution in [0.1, 0.15) is 10.4 Å². The average Bonchev–Trinajstić information content (AvgIpc) is 2.47. The molecule has 0 saturated heterocycles. The number of rotatable bonds is 1. The molecule has 1 aromatic carbocycles.